The van der Waals surface area contributed by atoms with Gasteiger partial charge < -0.3 is 0 Å². The maximum Gasteiger partial charge on any atom is 0.528 e. The number of hydrogen-bond acceptors (Lipinski definition) is 6. The van der Waals surface area contributed by atoms with Gasteiger partial charge in [-0.05, 0) is 11.8 Å². The van der Waals surface area contributed by atoms with Crippen LogP contribution in [0, 0.1) is 11.8 Å². The maximum absolute atomic E-state index is 11.9. The van der Waals surface area contributed by atoms with Crippen LogP contribution in [0.5, 0.6) is 0 Å². The Morgan fingerprint density at radius 3 is 1.68 bits per heavy atom. The van der Waals surface area contributed by atoms with Crippen LogP contribution in [0.4, 0.5) is 0 Å². The van der Waals surface area contributed by atoms with Gasteiger partial charge in [-0.2, -0.15) is 0 Å². The van der Waals surface area contributed by atoms with Crippen LogP contribution in [0.2, 0.25) is 0 Å². The molecule has 7 heteroatoms. The number of nitrogens with one attached hydrogen (secondary N) is 2. The van der Waals surface area contributed by atoms with Gasteiger partial charge in [0.15, 0.2) is 12.1 Å². The van der Waals surface area contributed by atoms with Crippen molar-refractivity contribution < 1.29 is 18.6 Å². The molecule has 19 heavy (non-hydrogen) atoms. The average Bonchev–Trinajstić information content (AvgIpc) is 2.87. The molecular formula is C12H22N2O4P+. The van der Waals surface area contributed by atoms with Gasteiger partial charge in [-0.3, -0.25) is 0 Å². The first kappa shape index (κ1) is 14.7. The summed E-state index contributed by atoms with van der Waals surface area (Å²) in [6.45, 7) is 7.98. The average molecular weight is 289 g/mol. The predicted octanol–water partition coefficient (Wildman–Crippen LogP) is 1.79. The third-order valence-corrected chi connectivity index (χ3v) is 6.10. The summed E-state index contributed by atoms with van der Waals surface area (Å²) in [5.74, 6) is -0.356. The monoisotopic (exact) mass is 289 g/mol. The molecule has 0 bridgehead atoms. The van der Waals surface area contributed by atoms with E-state index in [2.05, 4.69) is 10.2 Å². The highest BCUT2D eigenvalue weighted by atomic mass is 31.2. The molecule has 1 spiro atoms. The van der Waals surface area contributed by atoms with Gasteiger partial charge in [-0.1, -0.05) is 50.7 Å². The van der Waals surface area contributed by atoms with Gasteiger partial charge in [0.2, 0.25) is 0 Å². The Morgan fingerprint density at radius 2 is 1.37 bits per heavy atom. The van der Waals surface area contributed by atoms with Gasteiger partial charge in [0.25, 0.3) is 0 Å². The van der Waals surface area contributed by atoms with Crippen LogP contribution < -0.4 is 10.2 Å². The lowest BCUT2D eigenvalue weighted by Gasteiger charge is -2.13. The molecule has 6 nitrogen and oxygen atoms in total. The van der Waals surface area contributed by atoms with Crippen molar-refractivity contribution in [2.75, 3.05) is 0 Å². The standard InChI is InChI=1S/C12H22N2O4P/c1-5-7(3)9-11(15)17-19(13-9)14-10(8(4)6-2)12(16)18-19/h7-10,13-14H,5-6H2,1-4H3/q+1/t7?,8?,9-,10-,19?/m0/s1. The Morgan fingerprint density at radius 1 is 1.00 bits per heavy atom. The fourth-order valence-electron chi connectivity index (χ4n) is 2.19. The molecule has 108 valence electrons. The lowest BCUT2D eigenvalue weighted by Crippen LogP contribution is -2.37. The molecule has 2 N–H and O–H groups in total. The topological polar surface area (TPSA) is 76.7 Å². The second kappa shape index (κ2) is 5.35. The third-order valence-electron chi connectivity index (χ3n) is 3.99. The quantitative estimate of drug-likeness (QED) is 0.768. The molecule has 2 fully saturated rings. The molecule has 0 aliphatic carbocycles. The molecule has 0 aromatic rings. The van der Waals surface area contributed by atoms with Crippen LogP contribution in [-0.4, -0.2) is 24.0 Å². The van der Waals surface area contributed by atoms with Crippen LogP contribution in [-0.2, 0) is 18.6 Å². The molecule has 2 aliphatic rings. The van der Waals surface area contributed by atoms with Crippen LogP contribution in [0.25, 0.3) is 0 Å². The Balaban J connectivity index is 2.11. The molecule has 2 saturated heterocycles. The van der Waals surface area contributed by atoms with E-state index in [1.54, 1.807) is 0 Å². The molecule has 0 saturated carbocycles. The summed E-state index contributed by atoms with van der Waals surface area (Å²) in [5, 5.41) is 6.18. The second-order valence-corrected chi connectivity index (χ2v) is 7.34. The van der Waals surface area contributed by atoms with Crippen molar-refractivity contribution in [2.24, 2.45) is 11.8 Å². The minimum absolute atomic E-state index is 0.148. The number of hydrogen-bond donors (Lipinski definition) is 2. The van der Waals surface area contributed by atoms with E-state index in [0.717, 1.165) is 12.8 Å². The van der Waals surface area contributed by atoms with Crippen LogP contribution in [0.3, 0.4) is 0 Å². The number of carbonyl (C=O) groups is 2. The largest absolute Gasteiger partial charge is 0.528 e. The molecule has 0 radical (unpaired) electrons. The van der Waals surface area contributed by atoms with E-state index < -0.39 is 20.1 Å². The Bertz CT molecular complexity index is 354. The van der Waals surface area contributed by atoms with E-state index in [0.29, 0.717) is 0 Å². The second-order valence-electron chi connectivity index (χ2n) is 5.36. The summed E-state index contributed by atoms with van der Waals surface area (Å²) in [4.78, 5) is 23.8. The summed E-state index contributed by atoms with van der Waals surface area (Å²) in [7, 11) is -2.76. The maximum atomic E-state index is 11.9. The predicted molar refractivity (Wildman–Crippen MR) is 71.9 cm³/mol. The zero-order valence-corrected chi connectivity index (χ0v) is 12.7. The van der Waals surface area contributed by atoms with Crippen LogP contribution >= 0.6 is 8.02 Å². The zero-order chi connectivity index (χ0) is 14.2. The molecule has 2 aliphatic heterocycles. The van der Waals surface area contributed by atoms with Crippen LogP contribution in [0.15, 0.2) is 0 Å². The van der Waals surface area contributed by atoms with E-state index in [9.17, 15) is 9.59 Å². The Hall–Kier alpha value is -0.710. The van der Waals surface area contributed by atoms with Crippen molar-refractivity contribution in [3.8, 4) is 0 Å². The summed E-state index contributed by atoms with van der Waals surface area (Å²) < 4.78 is 10.7. The summed E-state index contributed by atoms with van der Waals surface area (Å²) in [6.07, 6.45) is 1.71. The first-order valence-electron chi connectivity index (χ1n) is 6.84. The van der Waals surface area contributed by atoms with Gasteiger partial charge in [-0.25, -0.2) is 18.6 Å². The summed E-state index contributed by atoms with van der Waals surface area (Å²) in [5.41, 5.74) is 0. The highest BCUT2D eigenvalue weighted by molar-refractivity contribution is 7.64. The molecule has 0 aromatic heterocycles. The molecular weight excluding hydrogens is 267 g/mol. The summed E-state index contributed by atoms with van der Waals surface area (Å²) in [6, 6.07) is -0.788. The lowest BCUT2D eigenvalue weighted by atomic mass is 10.0. The van der Waals surface area contributed by atoms with Gasteiger partial charge in [0, 0.05) is 0 Å². The van der Waals surface area contributed by atoms with E-state index in [-0.39, 0.29) is 23.8 Å². The highest BCUT2D eigenvalue weighted by Crippen LogP contribution is 2.62. The molecule has 4 atom stereocenters. The molecule has 2 unspecified atom stereocenters. The van der Waals surface area contributed by atoms with Crippen molar-refractivity contribution in [3.63, 3.8) is 0 Å². The van der Waals surface area contributed by atoms with Crippen LogP contribution in [0.1, 0.15) is 40.5 Å². The molecule has 2 heterocycles. The number of rotatable bonds is 4. The van der Waals surface area contributed by atoms with E-state index in [1.807, 2.05) is 27.7 Å². The minimum atomic E-state index is -2.76. The molecule has 0 amide bonds. The third kappa shape index (κ3) is 2.62. The van der Waals surface area contributed by atoms with E-state index in [1.165, 1.54) is 0 Å². The van der Waals surface area contributed by atoms with Gasteiger partial charge in [-0.15, -0.1) is 0 Å². The van der Waals surface area contributed by atoms with E-state index >= 15 is 0 Å². The normalized spacial score (nSPS) is 37.3. The lowest BCUT2D eigenvalue weighted by molar-refractivity contribution is -0.136. The fourth-order valence-corrected chi connectivity index (χ4v) is 4.70. The fraction of sp³-hybridized carbons (Fsp3) is 0.833. The van der Waals surface area contributed by atoms with Crippen molar-refractivity contribution >= 4 is 20.0 Å². The van der Waals surface area contributed by atoms with Gasteiger partial charge in [0.05, 0.1) is 0 Å². The van der Waals surface area contributed by atoms with E-state index in [4.69, 9.17) is 9.05 Å². The first-order valence-corrected chi connectivity index (χ1v) is 8.46. The minimum Gasteiger partial charge on any atom is -0.245 e. The number of carbonyl (C=O) groups excluding carboxylic acids is 2. The summed E-state index contributed by atoms with van der Waals surface area (Å²) >= 11 is 0. The Kier molecular flexibility index (Phi) is 4.14. The zero-order valence-electron chi connectivity index (χ0n) is 11.8. The first-order chi connectivity index (χ1) is 8.92. The SMILES string of the molecule is CCC(C)[C@@H]1N[P+]2(N[C@@H](C(C)CC)C(=O)O2)OC1=O. The van der Waals surface area contributed by atoms with Crippen molar-refractivity contribution in [1.82, 2.24) is 10.2 Å². The van der Waals surface area contributed by atoms with Gasteiger partial charge >= 0.3 is 20.0 Å². The van der Waals surface area contributed by atoms with Gasteiger partial charge in [0.1, 0.15) is 0 Å². The smallest absolute Gasteiger partial charge is 0.245 e. The van der Waals surface area contributed by atoms with Crippen molar-refractivity contribution in [2.45, 2.75) is 52.6 Å². The van der Waals surface area contributed by atoms with Crippen molar-refractivity contribution in [3.05, 3.63) is 0 Å². The highest BCUT2D eigenvalue weighted by Gasteiger charge is 2.67. The molecule has 2 rings (SSSR count). The molecule has 0 aromatic carbocycles. The van der Waals surface area contributed by atoms with Crippen molar-refractivity contribution in [1.29, 1.82) is 0 Å². The Labute approximate surface area is 114 Å².